The maximum Gasteiger partial charge on any atom is 0.0412 e. The predicted octanol–water partition coefficient (Wildman–Crippen LogP) is 38.4. The van der Waals surface area contributed by atoms with Crippen LogP contribution in [0, 0.1) is 41.5 Å². The van der Waals surface area contributed by atoms with Gasteiger partial charge in [0, 0.05) is 20.1 Å². The van der Waals surface area contributed by atoms with Gasteiger partial charge in [0.05, 0.1) is 0 Å². The number of hydrogen-bond donors (Lipinski definition) is 0. The lowest BCUT2D eigenvalue weighted by Gasteiger charge is -2.17. The molecule has 24 aromatic carbocycles. The maximum atomic E-state index is 6.51. The molecule has 0 saturated heterocycles. The van der Waals surface area contributed by atoms with Gasteiger partial charge in [0.15, 0.2) is 0 Å². The third kappa shape index (κ3) is 15.6. The first kappa shape index (κ1) is 82.5. The molecule has 4 heteroatoms. The maximum absolute atomic E-state index is 6.51. The number of halogens is 4. The Morgan fingerprint density at radius 3 is 0.638 bits per heavy atom. The van der Waals surface area contributed by atoms with E-state index in [0.29, 0.717) is 0 Å². The van der Waals surface area contributed by atoms with Crippen molar-refractivity contribution < 1.29 is 0 Å². The summed E-state index contributed by atoms with van der Waals surface area (Å²) in [5.74, 6) is 0. The molecule has 0 N–H and O–H groups in total. The molecule has 0 aliphatic carbocycles. The van der Waals surface area contributed by atoms with Crippen molar-refractivity contribution in [1.29, 1.82) is 0 Å². The molecule has 0 aromatic heterocycles. The SMILES string of the molecule is Cc1ccc(-c2cc3c4ccc(Cl)cc4c(-c4ccc(C)cc4)cc3c3ccccc23)cc1.Cc1cccc(-c2cc3c4ccc(Cl)cc4c(-c4cccc(C)c4)cc3c3ccccc23)c1.Cc1ccccc1-c1cc2c3ccc(Cl)cc3c(-c3ccccc3C)cc2c2ccccc12.Clc1ccc2c(c1)c(-c1ccccc1)cc1c3ccccc3c(-c3ccccc3)cc21. The molecule has 0 fully saturated rings. The summed E-state index contributed by atoms with van der Waals surface area (Å²) in [5.41, 5.74) is 27.4. The van der Waals surface area contributed by atoms with Crippen LogP contribution in [0.1, 0.15) is 33.4 Å². The highest BCUT2D eigenvalue weighted by Crippen LogP contribution is 2.50. The molecule has 0 atom stereocenters. The first-order chi connectivity index (χ1) is 63.6. The van der Waals surface area contributed by atoms with Crippen molar-refractivity contribution in [2.45, 2.75) is 41.5 Å². The summed E-state index contributed by atoms with van der Waals surface area (Å²) in [4.78, 5) is 0. The number of aryl methyl sites for hydroxylation is 6. The molecular weight excluding hydrogens is 1660 g/mol. The van der Waals surface area contributed by atoms with Gasteiger partial charge in [0.1, 0.15) is 0 Å². The van der Waals surface area contributed by atoms with Crippen LogP contribution >= 0.6 is 46.4 Å². The van der Waals surface area contributed by atoms with Gasteiger partial charge in [-0.1, -0.05) is 396 Å². The fourth-order valence-electron chi connectivity index (χ4n) is 19.8. The van der Waals surface area contributed by atoms with Crippen LogP contribution < -0.4 is 0 Å². The topological polar surface area (TPSA) is 0 Å². The molecule has 0 nitrogen and oxygen atoms in total. The van der Waals surface area contributed by atoms with Crippen molar-refractivity contribution in [2.75, 3.05) is 0 Å². The Morgan fingerprint density at radius 2 is 0.331 bits per heavy atom. The van der Waals surface area contributed by atoms with E-state index in [2.05, 4.69) is 442 Å². The zero-order chi connectivity index (χ0) is 88.4. The van der Waals surface area contributed by atoms with Crippen LogP contribution in [0.4, 0.5) is 0 Å². The van der Waals surface area contributed by atoms with Crippen molar-refractivity contribution in [3.8, 4) is 89.0 Å². The largest absolute Gasteiger partial charge is 0.0843 e. The smallest absolute Gasteiger partial charge is 0.0412 e. The van der Waals surface area contributed by atoms with Crippen molar-refractivity contribution in [3.63, 3.8) is 0 Å². The van der Waals surface area contributed by atoms with Crippen molar-refractivity contribution >= 4 is 176 Å². The van der Waals surface area contributed by atoms with E-state index in [-0.39, 0.29) is 0 Å². The normalized spacial score (nSPS) is 11.5. The average molecular weight is 1740 g/mol. The summed E-state index contributed by atoms with van der Waals surface area (Å²) < 4.78 is 0. The summed E-state index contributed by atoms with van der Waals surface area (Å²) in [5, 5.41) is 33.0. The third-order valence-corrected chi connectivity index (χ3v) is 27.1. The molecular formula is C126H88Cl4. The molecule has 0 heterocycles. The Balaban J connectivity index is 0.000000105. The fourth-order valence-corrected chi connectivity index (χ4v) is 20.5. The Bertz CT molecular complexity index is 8630. The highest BCUT2D eigenvalue weighted by molar-refractivity contribution is 6.36. The molecule has 0 unspecified atom stereocenters. The molecule has 620 valence electrons. The van der Waals surface area contributed by atoms with Crippen LogP contribution in [0.2, 0.25) is 20.1 Å². The van der Waals surface area contributed by atoms with E-state index in [1.54, 1.807) is 0 Å². The lowest BCUT2D eigenvalue weighted by atomic mass is 9.86. The lowest BCUT2D eigenvalue weighted by Crippen LogP contribution is -1.91. The molecule has 0 radical (unpaired) electrons. The number of rotatable bonds is 8. The molecule has 24 rings (SSSR count). The van der Waals surface area contributed by atoms with E-state index in [0.717, 1.165) is 20.1 Å². The second kappa shape index (κ2) is 35.0. The minimum atomic E-state index is 0.758. The van der Waals surface area contributed by atoms with Gasteiger partial charge in [-0.2, -0.15) is 0 Å². The fraction of sp³-hybridized carbons (Fsp3) is 0.0476. The summed E-state index contributed by atoms with van der Waals surface area (Å²) in [7, 11) is 0. The minimum absolute atomic E-state index is 0.758. The van der Waals surface area contributed by atoms with Crippen molar-refractivity contribution in [1.82, 2.24) is 0 Å². The molecule has 0 saturated carbocycles. The van der Waals surface area contributed by atoms with E-state index in [1.165, 1.54) is 252 Å². The molecule has 0 amide bonds. The third-order valence-electron chi connectivity index (χ3n) is 26.2. The Kier molecular flexibility index (Phi) is 22.2. The van der Waals surface area contributed by atoms with Gasteiger partial charge in [0.2, 0.25) is 0 Å². The van der Waals surface area contributed by atoms with Gasteiger partial charge in [-0.25, -0.2) is 0 Å². The highest BCUT2D eigenvalue weighted by atomic mass is 35.5. The number of hydrogen-bond acceptors (Lipinski definition) is 0. The minimum Gasteiger partial charge on any atom is -0.0843 e. The number of fused-ring (bicyclic) bond motifs is 20. The second-order valence-corrected chi connectivity index (χ2v) is 36.3. The van der Waals surface area contributed by atoms with Crippen molar-refractivity contribution in [2.24, 2.45) is 0 Å². The van der Waals surface area contributed by atoms with Gasteiger partial charge in [-0.15, -0.1) is 0 Å². The monoisotopic (exact) mass is 1740 g/mol. The van der Waals surface area contributed by atoms with Gasteiger partial charge in [-0.3, -0.25) is 0 Å². The number of benzene rings is 24. The summed E-state index contributed by atoms with van der Waals surface area (Å²) in [6.45, 7) is 12.9. The van der Waals surface area contributed by atoms with Gasteiger partial charge in [0.25, 0.3) is 0 Å². The molecule has 0 aliphatic heterocycles. The molecule has 24 aromatic rings. The van der Waals surface area contributed by atoms with E-state index in [9.17, 15) is 0 Å². The Morgan fingerprint density at radius 1 is 0.115 bits per heavy atom. The first-order valence-corrected chi connectivity index (χ1v) is 45.9. The van der Waals surface area contributed by atoms with Crippen LogP contribution in [-0.4, -0.2) is 0 Å². The van der Waals surface area contributed by atoms with Crippen LogP contribution in [-0.2, 0) is 0 Å². The van der Waals surface area contributed by atoms with E-state index in [4.69, 9.17) is 46.4 Å². The highest BCUT2D eigenvalue weighted by Gasteiger charge is 2.22. The predicted molar refractivity (Wildman–Crippen MR) is 568 cm³/mol. The zero-order valence-electron chi connectivity index (χ0n) is 72.9. The van der Waals surface area contributed by atoms with E-state index >= 15 is 0 Å². The van der Waals surface area contributed by atoms with Crippen LogP contribution in [0.15, 0.2) is 425 Å². The summed E-state index contributed by atoms with van der Waals surface area (Å²) >= 11 is 26.0. The quantitative estimate of drug-likeness (QED) is 0.133. The molecule has 130 heavy (non-hydrogen) atoms. The van der Waals surface area contributed by atoms with Crippen molar-refractivity contribution in [3.05, 3.63) is 478 Å². The van der Waals surface area contributed by atoms with E-state index < -0.39 is 0 Å². The van der Waals surface area contributed by atoms with Crippen LogP contribution in [0.3, 0.4) is 0 Å². The Labute approximate surface area is 778 Å². The van der Waals surface area contributed by atoms with E-state index in [1.807, 2.05) is 24.3 Å². The average Bonchev–Trinajstić information content (AvgIpc) is 0.741. The van der Waals surface area contributed by atoms with Gasteiger partial charge in [-0.05, 0) is 368 Å². The summed E-state index contributed by atoms with van der Waals surface area (Å²) in [6, 6.07) is 152. The Hall–Kier alpha value is -14.4. The van der Waals surface area contributed by atoms with Crippen LogP contribution in [0.5, 0.6) is 0 Å². The first-order valence-electron chi connectivity index (χ1n) is 44.4. The molecule has 0 spiro atoms. The van der Waals surface area contributed by atoms with Crippen LogP contribution in [0.25, 0.3) is 218 Å². The zero-order valence-corrected chi connectivity index (χ0v) is 76.0. The standard InChI is InChI=1S/3C32H23Cl.C30H19Cl/c1-20-9-3-5-11-23(20)29-18-32-27-16-15-22(33)17-28(27)30(24-12-6-4-10-21(24)2)19-31(32)26-14-8-7-13-25(26)29;1-20-7-5-9-22(15-20)28-18-32-27-14-13-24(33)17-30(27)29(23-10-6-8-21(2)16-23)19-31(32)26-12-4-3-11-25(26)28;1-20-7-11-22(12-8-20)28-18-32-27-16-15-24(33)17-30(27)29(23-13-9-21(2)10-14-23)19-31(32)26-6-4-3-5-25(26)28;31-22-15-16-25-28(17-22)27(21-11-5-2-6-12-21)19-29-24-14-8-7-13-23(24)26(18-30(25)29)20-9-3-1-4-10-20/h3*3-19H,1-2H3;1-19H. The second-order valence-electron chi connectivity index (χ2n) is 34.5. The molecule has 0 aliphatic rings. The van der Waals surface area contributed by atoms with Gasteiger partial charge < -0.3 is 0 Å². The lowest BCUT2D eigenvalue weighted by molar-refractivity contribution is 1.47. The molecule has 0 bridgehead atoms. The van der Waals surface area contributed by atoms with Gasteiger partial charge >= 0.3 is 0 Å². The summed E-state index contributed by atoms with van der Waals surface area (Å²) in [6.07, 6.45) is 0.